The number of ether oxygens (including phenoxy) is 2. The van der Waals surface area contributed by atoms with Crippen molar-refractivity contribution in [2.24, 2.45) is 0 Å². The summed E-state index contributed by atoms with van der Waals surface area (Å²) in [5.41, 5.74) is 0.494. The molecule has 140 valence electrons. The van der Waals surface area contributed by atoms with E-state index >= 15 is 0 Å². The van der Waals surface area contributed by atoms with Gasteiger partial charge in [0.1, 0.15) is 11.5 Å². The first-order valence-electron chi connectivity index (χ1n) is 9.31. The van der Waals surface area contributed by atoms with Crippen LogP contribution in [0.3, 0.4) is 0 Å². The molecule has 0 atom stereocenters. The zero-order valence-corrected chi connectivity index (χ0v) is 17.0. The Kier molecular flexibility index (Phi) is 6.88. The Morgan fingerprint density at radius 3 is 2.48 bits per heavy atom. The normalized spacial score (nSPS) is 10.7. The minimum Gasteiger partial charge on any atom is -0.494 e. The van der Waals surface area contributed by atoms with Gasteiger partial charge in [-0.2, -0.15) is 0 Å². The van der Waals surface area contributed by atoms with Gasteiger partial charge in [-0.3, -0.25) is 0 Å². The summed E-state index contributed by atoms with van der Waals surface area (Å²) in [7, 11) is 0. The zero-order chi connectivity index (χ0) is 19.1. The highest BCUT2D eigenvalue weighted by Crippen LogP contribution is 2.33. The molecule has 0 spiro atoms. The Morgan fingerprint density at radius 2 is 1.70 bits per heavy atom. The highest BCUT2D eigenvalue weighted by atomic mass is 79.9. The van der Waals surface area contributed by atoms with Crippen LogP contribution >= 0.6 is 15.9 Å². The van der Waals surface area contributed by atoms with Gasteiger partial charge in [0, 0.05) is 0 Å². The molecule has 0 aliphatic rings. The molecule has 0 fully saturated rings. The van der Waals surface area contributed by atoms with Gasteiger partial charge in [-0.05, 0) is 63.5 Å². The van der Waals surface area contributed by atoms with Gasteiger partial charge in [0.15, 0.2) is 0 Å². The molecule has 27 heavy (non-hydrogen) atoms. The Balaban J connectivity index is 1.62. The first-order valence-corrected chi connectivity index (χ1v) is 10.1. The fourth-order valence-corrected chi connectivity index (χ4v) is 3.43. The van der Waals surface area contributed by atoms with E-state index in [4.69, 9.17) is 9.47 Å². The summed E-state index contributed by atoms with van der Waals surface area (Å²) in [6, 6.07) is 18.8. The maximum Gasteiger partial charge on any atom is 0.343 e. The van der Waals surface area contributed by atoms with Crippen LogP contribution in [0.25, 0.3) is 10.8 Å². The van der Waals surface area contributed by atoms with Crippen molar-refractivity contribution < 1.29 is 14.3 Å². The molecule has 0 saturated heterocycles. The quantitative estimate of drug-likeness (QED) is 0.226. The Hall–Kier alpha value is -2.33. The lowest BCUT2D eigenvalue weighted by molar-refractivity contribution is 0.0734. The van der Waals surface area contributed by atoms with Crippen LogP contribution in [-0.4, -0.2) is 12.6 Å². The molecule has 0 amide bonds. The monoisotopic (exact) mass is 426 g/mol. The molecule has 0 aliphatic heterocycles. The minimum atomic E-state index is -0.388. The number of hydrogen-bond acceptors (Lipinski definition) is 3. The summed E-state index contributed by atoms with van der Waals surface area (Å²) < 4.78 is 12.1. The van der Waals surface area contributed by atoms with Crippen molar-refractivity contribution >= 4 is 32.7 Å². The van der Waals surface area contributed by atoms with E-state index in [0.29, 0.717) is 17.9 Å². The number of rotatable bonds is 8. The van der Waals surface area contributed by atoms with Crippen LogP contribution in [0.5, 0.6) is 11.5 Å². The fourth-order valence-electron chi connectivity index (χ4n) is 2.86. The molecular weight excluding hydrogens is 404 g/mol. The molecule has 0 N–H and O–H groups in total. The van der Waals surface area contributed by atoms with Crippen LogP contribution in [-0.2, 0) is 0 Å². The van der Waals surface area contributed by atoms with Crippen molar-refractivity contribution in [1.82, 2.24) is 0 Å². The predicted molar refractivity (Wildman–Crippen MR) is 113 cm³/mol. The average molecular weight is 427 g/mol. The van der Waals surface area contributed by atoms with Gasteiger partial charge in [-0.15, -0.1) is 0 Å². The summed E-state index contributed by atoms with van der Waals surface area (Å²) in [6.45, 7) is 2.89. The van der Waals surface area contributed by atoms with Crippen LogP contribution in [0.2, 0.25) is 0 Å². The summed E-state index contributed by atoms with van der Waals surface area (Å²) in [5, 5.41) is 2.10. The second-order valence-electron chi connectivity index (χ2n) is 6.42. The van der Waals surface area contributed by atoms with Crippen LogP contribution in [0, 0.1) is 0 Å². The van der Waals surface area contributed by atoms with Crippen molar-refractivity contribution in [1.29, 1.82) is 0 Å². The van der Waals surface area contributed by atoms with Crippen molar-refractivity contribution in [2.45, 2.75) is 32.6 Å². The largest absolute Gasteiger partial charge is 0.494 e. The molecule has 3 rings (SSSR count). The van der Waals surface area contributed by atoms with Crippen molar-refractivity contribution in [3.8, 4) is 11.5 Å². The van der Waals surface area contributed by atoms with Gasteiger partial charge in [-0.1, -0.05) is 56.5 Å². The van der Waals surface area contributed by atoms with E-state index in [1.807, 2.05) is 42.5 Å². The van der Waals surface area contributed by atoms with Crippen molar-refractivity contribution in [3.05, 3.63) is 70.7 Å². The number of benzene rings is 3. The molecule has 0 bridgehead atoms. The van der Waals surface area contributed by atoms with Crippen molar-refractivity contribution in [2.75, 3.05) is 6.61 Å². The van der Waals surface area contributed by atoms with E-state index < -0.39 is 0 Å². The Labute approximate surface area is 168 Å². The third kappa shape index (κ3) is 5.10. The number of hydrogen-bond donors (Lipinski definition) is 0. The smallest absolute Gasteiger partial charge is 0.343 e. The summed E-state index contributed by atoms with van der Waals surface area (Å²) in [6.07, 6.45) is 4.68. The van der Waals surface area contributed by atoms with Crippen molar-refractivity contribution in [3.63, 3.8) is 0 Å². The van der Waals surface area contributed by atoms with Crippen LogP contribution in [0.4, 0.5) is 0 Å². The average Bonchev–Trinajstić information content (AvgIpc) is 2.70. The molecule has 3 aromatic carbocycles. The molecule has 4 heteroatoms. The fraction of sp³-hybridized carbons (Fsp3) is 0.261. The zero-order valence-electron chi connectivity index (χ0n) is 15.4. The highest BCUT2D eigenvalue weighted by Gasteiger charge is 2.13. The third-order valence-electron chi connectivity index (χ3n) is 4.39. The van der Waals surface area contributed by atoms with E-state index in [2.05, 4.69) is 22.9 Å². The van der Waals surface area contributed by atoms with Gasteiger partial charge in [0.2, 0.25) is 0 Å². The Bertz CT molecular complexity index is 903. The summed E-state index contributed by atoms with van der Waals surface area (Å²) in [5.74, 6) is 0.894. The molecule has 0 radical (unpaired) electrons. The molecule has 3 nitrogen and oxygen atoms in total. The van der Waals surface area contributed by atoms with Gasteiger partial charge in [0.05, 0.1) is 16.6 Å². The first kappa shape index (κ1) is 19.4. The molecular formula is C23H23BrO3. The van der Waals surface area contributed by atoms with Crippen LogP contribution in [0.15, 0.2) is 65.1 Å². The van der Waals surface area contributed by atoms with Crippen LogP contribution < -0.4 is 9.47 Å². The number of fused-ring (bicyclic) bond motifs is 1. The van der Waals surface area contributed by atoms with Gasteiger partial charge < -0.3 is 9.47 Å². The lowest BCUT2D eigenvalue weighted by Crippen LogP contribution is -2.09. The van der Waals surface area contributed by atoms with Gasteiger partial charge in [0.25, 0.3) is 0 Å². The molecule has 3 aromatic rings. The Morgan fingerprint density at radius 1 is 0.926 bits per heavy atom. The summed E-state index contributed by atoms with van der Waals surface area (Å²) in [4.78, 5) is 12.5. The molecule has 0 unspecified atom stereocenters. The maximum absolute atomic E-state index is 12.5. The first-order chi connectivity index (χ1) is 13.2. The second kappa shape index (κ2) is 9.56. The van der Waals surface area contributed by atoms with E-state index in [1.54, 1.807) is 18.2 Å². The topological polar surface area (TPSA) is 35.5 Å². The second-order valence-corrected chi connectivity index (χ2v) is 7.21. The lowest BCUT2D eigenvalue weighted by atomic mass is 10.1. The number of esters is 1. The lowest BCUT2D eigenvalue weighted by Gasteiger charge is -2.10. The minimum absolute atomic E-state index is 0.388. The molecule has 0 saturated carbocycles. The number of carbonyl (C=O) groups excluding carboxylic acids is 1. The van der Waals surface area contributed by atoms with E-state index in [0.717, 1.165) is 27.4 Å². The van der Waals surface area contributed by atoms with Gasteiger partial charge in [-0.25, -0.2) is 4.79 Å². The molecule has 0 aromatic heterocycles. The SMILES string of the molecule is CCCCCCOc1ccc(C(=O)Oc2ccc3ccccc3c2Br)cc1. The molecule has 0 aliphatic carbocycles. The van der Waals surface area contributed by atoms with E-state index in [9.17, 15) is 4.79 Å². The predicted octanol–water partition coefficient (Wildman–Crippen LogP) is 6.78. The number of carbonyl (C=O) groups is 1. The third-order valence-corrected chi connectivity index (χ3v) is 5.21. The molecule has 0 heterocycles. The van der Waals surface area contributed by atoms with Crippen LogP contribution in [0.1, 0.15) is 43.0 Å². The van der Waals surface area contributed by atoms with Gasteiger partial charge >= 0.3 is 5.97 Å². The number of unbranched alkanes of at least 4 members (excludes halogenated alkanes) is 3. The summed E-state index contributed by atoms with van der Waals surface area (Å²) >= 11 is 3.54. The highest BCUT2D eigenvalue weighted by molar-refractivity contribution is 9.10. The van der Waals surface area contributed by atoms with E-state index in [-0.39, 0.29) is 5.97 Å². The standard InChI is InChI=1S/C23H23BrO3/c1-2-3-4-7-16-26-19-13-10-18(11-14-19)23(25)27-21-15-12-17-8-5-6-9-20(17)22(21)24/h5-6,8-15H,2-4,7,16H2,1H3. The number of halogens is 1. The van der Waals surface area contributed by atoms with E-state index in [1.165, 1.54) is 19.3 Å². The maximum atomic E-state index is 12.5.